The summed E-state index contributed by atoms with van der Waals surface area (Å²) in [5.41, 5.74) is 6.06. The summed E-state index contributed by atoms with van der Waals surface area (Å²) in [5, 5.41) is 5.43. The van der Waals surface area contributed by atoms with Gasteiger partial charge in [-0.15, -0.1) is 5.10 Å². The van der Waals surface area contributed by atoms with Gasteiger partial charge in [0.1, 0.15) is 5.76 Å². The Morgan fingerprint density at radius 1 is 0.829 bits per heavy atom. The Hall–Kier alpha value is -4.42. The standard InChI is InChI=1S/C28H19ClN4O2/c29-23-9-7-20(8-10-23)24-13-16-32-27(26(24)22-11-14-30-15-12-22)31-33(28(32)34)18-19-3-5-21(6-4-19)25-2-1-17-35-25/h1-17H,18H2. The Morgan fingerprint density at radius 3 is 2.29 bits per heavy atom. The van der Waals surface area contributed by atoms with Gasteiger partial charge in [-0.05, 0) is 64.7 Å². The van der Waals surface area contributed by atoms with Crippen LogP contribution in [0.2, 0.25) is 5.02 Å². The van der Waals surface area contributed by atoms with Gasteiger partial charge in [0, 0.05) is 34.7 Å². The summed E-state index contributed by atoms with van der Waals surface area (Å²) in [6.07, 6.45) is 6.90. The van der Waals surface area contributed by atoms with Gasteiger partial charge < -0.3 is 4.42 Å². The summed E-state index contributed by atoms with van der Waals surface area (Å²) < 4.78 is 8.55. The fourth-order valence-corrected chi connectivity index (χ4v) is 4.37. The topological polar surface area (TPSA) is 65.3 Å². The second-order valence-electron chi connectivity index (χ2n) is 8.16. The van der Waals surface area contributed by atoms with Gasteiger partial charge in [0.25, 0.3) is 0 Å². The van der Waals surface area contributed by atoms with Gasteiger partial charge in [-0.1, -0.05) is 48.0 Å². The molecule has 0 aliphatic carbocycles. The summed E-state index contributed by atoms with van der Waals surface area (Å²) in [4.78, 5) is 17.4. The number of furan rings is 1. The van der Waals surface area contributed by atoms with E-state index in [0.717, 1.165) is 39.1 Å². The molecule has 4 heterocycles. The normalized spacial score (nSPS) is 11.2. The third kappa shape index (κ3) is 3.94. The first-order chi connectivity index (χ1) is 17.2. The van der Waals surface area contributed by atoms with E-state index in [1.807, 2.05) is 78.9 Å². The summed E-state index contributed by atoms with van der Waals surface area (Å²) in [7, 11) is 0. The van der Waals surface area contributed by atoms with Crippen molar-refractivity contribution in [1.29, 1.82) is 0 Å². The molecule has 2 aromatic carbocycles. The second kappa shape index (κ2) is 8.74. The van der Waals surface area contributed by atoms with Crippen molar-refractivity contribution in [3.05, 3.63) is 125 Å². The zero-order valence-electron chi connectivity index (χ0n) is 18.5. The van der Waals surface area contributed by atoms with Crippen molar-refractivity contribution in [2.24, 2.45) is 0 Å². The molecule has 0 saturated carbocycles. The number of halogens is 1. The highest BCUT2D eigenvalue weighted by Gasteiger charge is 2.17. The maximum Gasteiger partial charge on any atom is 0.350 e. The lowest BCUT2D eigenvalue weighted by Gasteiger charge is -2.11. The zero-order valence-corrected chi connectivity index (χ0v) is 19.3. The van der Waals surface area contributed by atoms with Crippen LogP contribution in [0.25, 0.3) is 39.2 Å². The van der Waals surface area contributed by atoms with Crippen LogP contribution in [-0.4, -0.2) is 19.2 Å². The van der Waals surface area contributed by atoms with Gasteiger partial charge in [0.15, 0.2) is 5.65 Å². The lowest BCUT2D eigenvalue weighted by molar-refractivity contribution is 0.582. The van der Waals surface area contributed by atoms with Gasteiger partial charge in [-0.25, -0.2) is 13.9 Å². The zero-order chi connectivity index (χ0) is 23.8. The lowest BCUT2D eigenvalue weighted by atomic mass is 9.96. The molecule has 0 bridgehead atoms. The molecule has 0 radical (unpaired) electrons. The Morgan fingerprint density at radius 2 is 1.57 bits per heavy atom. The van der Waals surface area contributed by atoms with Crippen molar-refractivity contribution < 1.29 is 4.42 Å². The highest BCUT2D eigenvalue weighted by atomic mass is 35.5. The largest absolute Gasteiger partial charge is 0.464 e. The molecule has 4 aromatic heterocycles. The molecule has 0 N–H and O–H groups in total. The molecule has 0 aliphatic rings. The minimum absolute atomic E-state index is 0.201. The first-order valence-electron chi connectivity index (χ1n) is 11.1. The van der Waals surface area contributed by atoms with E-state index in [4.69, 9.17) is 21.1 Å². The molecular formula is C28H19ClN4O2. The number of nitrogens with zero attached hydrogens (tertiary/aromatic N) is 4. The minimum atomic E-state index is -0.201. The van der Waals surface area contributed by atoms with Crippen LogP contribution in [0.4, 0.5) is 0 Å². The van der Waals surface area contributed by atoms with E-state index in [1.165, 1.54) is 4.68 Å². The summed E-state index contributed by atoms with van der Waals surface area (Å²) >= 11 is 6.12. The number of hydrogen-bond donors (Lipinski definition) is 0. The summed E-state index contributed by atoms with van der Waals surface area (Å²) in [5.74, 6) is 0.804. The molecule has 0 atom stereocenters. The molecule has 0 unspecified atom stereocenters. The molecule has 0 spiro atoms. The molecular weight excluding hydrogens is 460 g/mol. The maximum absolute atomic E-state index is 13.3. The molecule has 0 aliphatic heterocycles. The second-order valence-corrected chi connectivity index (χ2v) is 8.59. The van der Waals surface area contributed by atoms with Crippen molar-refractivity contribution in [3.8, 4) is 33.6 Å². The summed E-state index contributed by atoms with van der Waals surface area (Å²) in [6, 6.07) is 25.1. The molecule has 6 nitrogen and oxygen atoms in total. The van der Waals surface area contributed by atoms with Gasteiger partial charge in [0.2, 0.25) is 0 Å². The highest BCUT2D eigenvalue weighted by Crippen LogP contribution is 2.34. The first-order valence-corrected chi connectivity index (χ1v) is 11.5. The number of hydrogen-bond acceptors (Lipinski definition) is 4. The lowest BCUT2D eigenvalue weighted by Crippen LogP contribution is -2.21. The van der Waals surface area contributed by atoms with Gasteiger partial charge in [-0.3, -0.25) is 4.98 Å². The van der Waals surface area contributed by atoms with E-state index in [2.05, 4.69) is 4.98 Å². The SMILES string of the molecule is O=c1n(Cc2ccc(-c3ccco3)cc2)nc2c(-c3ccncc3)c(-c3ccc(Cl)cc3)ccn12. The minimum Gasteiger partial charge on any atom is -0.464 e. The Labute approximate surface area is 205 Å². The predicted octanol–water partition coefficient (Wildman–Crippen LogP) is 6.19. The number of aromatic nitrogens is 4. The monoisotopic (exact) mass is 478 g/mol. The van der Waals surface area contributed by atoms with E-state index in [9.17, 15) is 4.79 Å². The fourth-order valence-electron chi connectivity index (χ4n) is 4.24. The molecule has 0 fully saturated rings. The van der Waals surface area contributed by atoms with Crippen LogP contribution >= 0.6 is 11.6 Å². The number of benzene rings is 2. The highest BCUT2D eigenvalue weighted by molar-refractivity contribution is 6.30. The van der Waals surface area contributed by atoms with E-state index in [0.29, 0.717) is 17.2 Å². The number of rotatable bonds is 5. The van der Waals surface area contributed by atoms with Gasteiger partial charge in [-0.2, -0.15) is 0 Å². The Balaban J connectivity index is 1.46. The quantitative estimate of drug-likeness (QED) is 0.296. The van der Waals surface area contributed by atoms with Crippen LogP contribution in [0.5, 0.6) is 0 Å². The van der Waals surface area contributed by atoms with Crippen LogP contribution in [0.1, 0.15) is 5.56 Å². The maximum atomic E-state index is 13.3. The van der Waals surface area contributed by atoms with E-state index >= 15 is 0 Å². The average molecular weight is 479 g/mol. The number of fused-ring (bicyclic) bond motifs is 1. The van der Waals surface area contributed by atoms with Crippen LogP contribution < -0.4 is 5.69 Å². The molecule has 35 heavy (non-hydrogen) atoms. The van der Waals surface area contributed by atoms with E-state index in [-0.39, 0.29) is 5.69 Å². The third-order valence-electron chi connectivity index (χ3n) is 5.97. The molecule has 6 aromatic rings. The van der Waals surface area contributed by atoms with Crippen LogP contribution in [0.3, 0.4) is 0 Å². The van der Waals surface area contributed by atoms with Crippen molar-refractivity contribution in [1.82, 2.24) is 19.2 Å². The Kier molecular flexibility index (Phi) is 5.28. The van der Waals surface area contributed by atoms with Crippen molar-refractivity contribution in [2.75, 3.05) is 0 Å². The van der Waals surface area contributed by atoms with Gasteiger partial charge >= 0.3 is 5.69 Å². The van der Waals surface area contributed by atoms with Crippen molar-refractivity contribution >= 4 is 17.2 Å². The summed E-state index contributed by atoms with van der Waals surface area (Å²) in [6.45, 7) is 0.352. The molecule has 0 amide bonds. The molecule has 7 heteroatoms. The predicted molar refractivity (Wildman–Crippen MR) is 136 cm³/mol. The molecule has 170 valence electrons. The Bertz CT molecular complexity index is 1670. The molecule has 0 saturated heterocycles. The fraction of sp³-hybridized carbons (Fsp3) is 0.0357. The smallest absolute Gasteiger partial charge is 0.350 e. The third-order valence-corrected chi connectivity index (χ3v) is 6.22. The van der Waals surface area contributed by atoms with E-state index in [1.54, 1.807) is 29.3 Å². The van der Waals surface area contributed by atoms with Crippen molar-refractivity contribution in [3.63, 3.8) is 0 Å². The first kappa shape index (κ1) is 21.1. The number of pyridine rings is 2. The average Bonchev–Trinajstić information content (AvgIpc) is 3.54. The molecule has 6 rings (SSSR count). The van der Waals surface area contributed by atoms with Crippen LogP contribution in [0, 0.1) is 0 Å². The van der Waals surface area contributed by atoms with Crippen LogP contribution in [0.15, 0.2) is 113 Å². The van der Waals surface area contributed by atoms with Crippen molar-refractivity contribution in [2.45, 2.75) is 6.54 Å². The van der Waals surface area contributed by atoms with E-state index < -0.39 is 0 Å². The van der Waals surface area contributed by atoms with Crippen LogP contribution in [-0.2, 0) is 6.54 Å². The van der Waals surface area contributed by atoms with Gasteiger partial charge in [0.05, 0.1) is 12.8 Å².